The number of nitro groups is 1. The van der Waals surface area contributed by atoms with E-state index in [2.05, 4.69) is 15.5 Å². The molecular weight excluding hydrogens is 238 g/mol. The zero-order valence-electron chi connectivity index (χ0n) is 9.58. The van der Waals surface area contributed by atoms with Crippen molar-refractivity contribution < 1.29 is 9.45 Å². The van der Waals surface area contributed by atoms with Gasteiger partial charge >= 0.3 is 0 Å². The first-order chi connectivity index (χ1) is 8.56. The molecule has 0 atom stereocenters. The van der Waals surface area contributed by atoms with Gasteiger partial charge in [-0.3, -0.25) is 10.1 Å². The highest BCUT2D eigenvalue weighted by molar-refractivity contribution is 5.65. The van der Waals surface area contributed by atoms with Crippen LogP contribution in [0.15, 0.2) is 22.7 Å². The molecular formula is C10H11N5O3. The number of nitrogens with two attached hydrogens (primary N) is 1. The largest absolute Gasteiger partial charge is 0.393 e. The van der Waals surface area contributed by atoms with Crippen molar-refractivity contribution in [1.82, 2.24) is 10.1 Å². The van der Waals surface area contributed by atoms with Gasteiger partial charge in [0.05, 0.1) is 11.5 Å². The predicted molar refractivity (Wildman–Crippen MR) is 63.9 cm³/mol. The van der Waals surface area contributed by atoms with E-state index < -0.39 is 4.92 Å². The van der Waals surface area contributed by atoms with E-state index in [9.17, 15) is 10.1 Å². The number of benzene rings is 1. The van der Waals surface area contributed by atoms with Crippen molar-refractivity contribution in [1.29, 1.82) is 0 Å². The lowest BCUT2D eigenvalue weighted by Crippen LogP contribution is -2.02. The molecule has 0 saturated heterocycles. The highest BCUT2D eigenvalue weighted by atomic mass is 16.6. The third-order valence-corrected chi connectivity index (χ3v) is 2.24. The van der Waals surface area contributed by atoms with Crippen molar-refractivity contribution in [3.8, 4) is 0 Å². The third kappa shape index (κ3) is 2.54. The fourth-order valence-electron chi connectivity index (χ4n) is 1.42. The zero-order valence-corrected chi connectivity index (χ0v) is 9.58. The maximum Gasteiger partial charge on any atom is 0.292 e. The molecule has 0 spiro atoms. The average Bonchev–Trinajstić information content (AvgIpc) is 2.72. The summed E-state index contributed by atoms with van der Waals surface area (Å²) in [5.74, 6) is 0.986. The first-order valence-electron chi connectivity index (χ1n) is 5.13. The average molecular weight is 249 g/mol. The fourth-order valence-corrected chi connectivity index (χ4v) is 1.42. The van der Waals surface area contributed by atoms with Gasteiger partial charge in [0.2, 0.25) is 5.89 Å². The van der Waals surface area contributed by atoms with Crippen molar-refractivity contribution in [3.05, 3.63) is 40.0 Å². The van der Waals surface area contributed by atoms with Crippen LogP contribution in [0.25, 0.3) is 0 Å². The Kier molecular flexibility index (Phi) is 3.09. The Morgan fingerprint density at radius 3 is 2.89 bits per heavy atom. The second kappa shape index (κ2) is 4.70. The minimum atomic E-state index is -0.527. The first kappa shape index (κ1) is 11.8. The number of hydrogen-bond acceptors (Lipinski definition) is 7. The van der Waals surface area contributed by atoms with Crippen LogP contribution in [-0.2, 0) is 6.54 Å². The summed E-state index contributed by atoms with van der Waals surface area (Å²) < 4.78 is 4.92. The quantitative estimate of drug-likeness (QED) is 0.478. The second-order valence-corrected chi connectivity index (χ2v) is 3.62. The van der Waals surface area contributed by atoms with E-state index in [1.165, 1.54) is 12.1 Å². The molecule has 94 valence electrons. The number of nitrogen functional groups attached to an aromatic ring is 1. The molecule has 0 unspecified atom stereocenters. The highest BCUT2D eigenvalue weighted by Crippen LogP contribution is 2.24. The molecule has 0 bridgehead atoms. The monoisotopic (exact) mass is 249 g/mol. The van der Waals surface area contributed by atoms with Gasteiger partial charge in [0.15, 0.2) is 5.82 Å². The summed E-state index contributed by atoms with van der Waals surface area (Å²) in [7, 11) is 0. The van der Waals surface area contributed by atoms with Crippen molar-refractivity contribution in [3.63, 3.8) is 0 Å². The number of aryl methyl sites for hydroxylation is 1. The molecule has 2 rings (SSSR count). The van der Waals surface area contributed by atoms with E-state index in [0.717, 1.165) is 0 Å². The van der Waals surface area contributed by atoms with Crippen molar-refractivity contribution in [2.24, 2.45) is 0 Å². The van der Waals surface area contributed by atoms with Crippen LogP contribution in [0.2, 0.25) is 0 Å². The summed E-state index contributed by atoms with van der Waals surface area (Å²) in [4.78, 5) is 14.1. The molecule has 1 aromatic heterocycles. The van der Waals surface area contributed by atoms with Gasteiger partial charge in [-0.25, -0.2) is 0 Å². The van der Waals surface area contributed by atoms with Crippen LogP contribution in [0.3, 0.4) is 0 Å². The minimum Gasteiger partial charge on any atom is -0.393 e. The predicted octanol–water partition coefficient (Wildman–Crippen LogP) is 1.48. The minimum absolute atomic E-state index is 0.103. The Morgan fingerprint density at radius 2 is 2.33 bits per heavy atom. The number of nitrogens with one attached hydrogen (secondary N) is 1. The van der Waals surface area contributed by atoms with Gasteiger partial charge in [0.25, 0.3) is 5.69 Å². The molecule has 3 N–H and O–H groups in total. The van der Waals surface area contributed by atoms with Crippen LogP contribution in [0.4, 0.5) is 17.1 Å². The molecule has 1 heterocycles. The zero-order chi connectivity index (χ0) is 13.1. The SMILES string of the molecule is Cc1noc(CNc2ccc([N+](=O)[O-])c(N)c2)n1. The second-order valence-electron chi connectivity index (χ2n) is 3.62. The smallest absolute Gasteiger partial charge is 0.292 e. The van der Waals surface area contributed by atoms with Crippen molar-refractivity contribution in [2.45, 2.75) is 13.5 Å². The molecule has 0 saturated carbocycles. The summed E-state index contributed by atoms with van der Waals surface area (Å²) >= 11 is 0. The number of aromatic nitrogens is 2. The normalized spacial score (nSPS) is 10.3. The maximum atomic E-state index is 10.6. The fraction of sp³-hybridized carbons (Fsp3) is 0.200. The molecule has 0 fully saturated rings. The number of hydrogen-bond donors (Lipinski definition) is 2. The lowest BCUT2D eigenvalue weighted by atomic mass is 10.2. The molecule has 0 aliphatic heterocycles. The topological polar surface area (TPSA) is 120 Å². The van der Waals surface area contributed by atoms with Gasteiger partial charge in [-0.15, -0.1) is 0 Å². The number of nitrogens with zero attached hydrogens (tertiary/aromatic N) is 3. The van der Waals surface area contributed by atoms with Gasteiger partial charge in [-0.1, -0.05) is 5.16 Å². The van der Waals surface area contributed by atoms with Crippen molar-refractivity contribution >= 4 is 17.1 Å². The van der Waals surface area contributed by atoms with Gasteiger partial charge in [-0.2, -0.15) is 4.98 Å². The summed E-state index contributed by atoms with van der Waals surface area (Å²) in [6.07, 6.45) is 0. The van der Waals surface area contributed by atoms with Crippen LogP contribution in [0.5, 0.6) is 0 Å². The number of rotatable bonds is 4. The summed E-state index contributed by atoms with van der Waals surface area (Å²) in [6.45, 7) is 2.05. The maximum absolute atomic E-state index is 10.6. The van der Waals surface area contributed by atoms with Crippen molar-refractivity contribution in [2.75, 3.05) is 11.1 Å². The molecule has 0 radical (unpaired) electrons. The van der Waals surface area contributed by atoms with Crippen LogP contribution in [0.1, 0.15) is 11.7 Å². The Hall–Kier alpha value is -2.64. The Bertz CT molecular complexity index is 581. The number of nitro benzene ring substituents is 1. The highest BCUT2D eigenvalue weighted by Gasteiger charge is 2.11. The van der Waals surface area contributed by atoms with Crippen LogP contribution >= 0.6 is 0 Å². The van der Waals surface area contributed by atoms with Crippen LogP contribution in [0, 0.1) is 17.0 Å². The summed E-state index contributed by atoms with van der Waals surface area (Å²) in [6, 6.07) is 4.40. The van der Waals surface area contributed by atoms with Crippen LogP contribution in [-0.4, -0.2) is 15.1 Å². The standard InChI is InChI=1S/C10H11N5O3/c1-6-13-10(18-14-6)5-12-7-2-3-9(15(16)17)8(11)4-7/h2-4,12H,5,11H2,1H3. The van der Waals surface area contributed by atoms with E-state index in [1.807, 2.05) is 0 Å². The first-order valence-corrected chi connectivity index (χ1v) is 5.13. The van der Waals surface area contributed by atoms with E-state index in [1.54, 1.807) is 13.0 Å². The Morgan fingerprint density at radius 1 is 1.56 bits per heavy atom. The Labute approximate surface area is 102 Å². The van der Waals surface area contributed by atoms with Gasteiger partial charge in [0, 0.05) is 11.8 Å². The molecule has 0 aliphatic rings. The van der Waals surface area contributed by atoms with Gasteiger partial charge in [-0.05, 0) is 19.1 Å². The van der Waals surface area contributed by atoms with E-state index in [-0.39, 0.29) is 11.4 Å². The molecule has 1 aromatic carbocycles. The van der Waals surface area contributed by atoms with Gasteiger partial charge in [0.1, 0.15) is 5.69 Å². The summed E-state index contributed by atoms with van der Waals surface area (Å²) in [5, 5.41) is 17.2. The molecule has 0 aliphatic carbocycles. The van der Waals surface area contributed by atoms with E-state index in [0.29, 0.717) is 23.9 Å². The molecule has 2 aromatic rings. The Balaban J connectivity index is 2.06. The van der Waals surface area contributed by atoms with Crippen LogP contribution < -0.4 is 11.1 Å². The molecule has 0 amide bonds. The molecule has 18 heavy (non-hydrogen) atoms. The van der Waals surface area contributed by atoms with E-state index in [4.69, 9.17) is 10.3 Å². The molecule has 8 heteroatoms. The lowest BCUT2D eigenvalue weighted by Gasteiger charge is -2.04. The lowest BCUT2D eigenvalue weighted by molar-refractivity contribution is -0.383. The third-order valence-electron chi connectivity index (χ3n) is 2.24. The summed E-state index contributed by atoms with van der Waals surface area (Å²) in [5.41, 5.74) is 6.20. The molecule has 8 nitrogen and oxygen atoms in total. The number of anilines is 2. The van der Waals surface area contributed by atoms with E-state index >= 15 is 0 Å². The van der Waals surface area contributed by atoms with Gasteiger partial charge < -0.3 is 15.6 Å².